The van der Waals surface area contributed by atoms with Crippen molar-refractivity contribution in [2.24, 2.45) is 5.92 Å². The molecule has 1 saturated carbocycles. The molecule has 1 fully saturated rings. The van der Waals surface area contributed by atoms with Crippen LogP contribution in [-0.2, 0) is 20.8 Å². The fourth-order valence-corrected chi connectivity index (χ4v) is 3.02. The summed E-state index contributed by atoms with van der Waals surface area (Å²) < 4.78 is 16.9. The molecule has 1 aromatic carbocycles. The van der Waals surface area contributed by atoms with Crippen LogP contribution in [0.5, 0.6) is 0 Å². The minimum absolute atomic E-state index is 0.325. The first-order valence-corrected chi connectivity index (χ1v) is 8.50. The monoisotopic (exact) mass is 335 g/mol. The summed E-state index contributed by atoms with van der Waals surface area (Å²) in [7, 11) is 1.61. The molecule has 2 rings (SSSR count). The number of methoxy groups -OCH3 is 1. The van der Waals surface area contributed by atoms with Crippen molar-refractivity contribution in [3.05, 3.63) is 35.9 Å². The van der Waals surface area contributed by atoms with Crippen molar-refractivity contribution in [1.82, 2.24) is 5.32 Å². The van der Waals surface area contributed by atoms with Crippen LogP contribution in [0.4, 0.5) is 4.79 Å². The molecule has 5 nitrogen and oxygen atoms in total. The van der Waals surface area contributed by atoms with Crippen LogP contribution in [0.25, 0.3) is 0 Å². The van der Waals surface area contributed by atoms with Gasteiger partial charge in [0.1, 0.15) is 5.60 Å². The zero-order chi connectivity index (χ0) is 17.8. The number of nitrogens with one attached hydrogen (secondary N) is 1. The molecule has 3 unspecified atom stereocenters. The zero-order valence-corrected chi connectivity index (χ0v) is 15.3. The third-order valence-corrected chi connectivity index (χ3v) is 4.26. The summed E-state index contributed by atoms with van der Waals surface area (Å²) in [5.74, 6) is 0.325. The number of hydrogen-bond donors (Lipinski definition) is 1. The molecule has 24 heavy (non-hydrogen) atoms. The van der Waals surface area contributed by atoms with E-state index in [0.29, 0.717) is 12.5 Å². The summed E-state index contributed by atoms with van der Waals surface area (Å²) in [4.78, 5) is 12.2. The van der Waals surface area contributed by atoms with E-state index in [1.54, 1.807) is 7.11 Å². The lowest BCUT2D eigenvalue weighted by atomic mass is 10.1. The SMILES string of the molecule is CCC1CC1(NC(=O)OC(C)(C)C)C(OC)OCc1ccccc1. The maximum absolute atomic E-state index is 12.2. The van der Waals surface area contributed by atoms with Crippen LogP contribution in [0, 0.1) is 5.92 Å². The molecule has 0 radical (unpaired) electrons. The van der Waals surface area contributed by atoms with E-state index in [4.69, 9.17) is 14.2 Å². The molecule has 1 aliphatic carbocycles. The van der Waals surface area contributed by atoms with E-state index in [1.165, 1.54) is 0 Å². The maximum Gasteiger partial charge on any atom is 0.408 e. The number of carbonyl (C=O) groups is 1. The third kappa shape index (κ3) is 4.71. The number of hydrogen-bond acceptors (Lipinski definition) is 4. The average Bonchev–Trinajstić information content (AvgIpc) is 3.20. The molecule has 1 aliphatic rings. The van der Waals surface area contributed by atoms with Gasteiger partial charge in [-0.3, -0.25) is 0 Å². The molecule has 0 bridgehead atoms. The first-order valence-electron chi connectivity index (χ1n) is 8.50. The Morgan fingerprint density at radius 2 is 2.00 bits per heavy atom. The molecule has 1 amide bonds. The molecule has 0 saturated heterocycles. The normalized spacial score (nSPS) is 24.3. The Labute approximate surface area is 144 Å². The molecule has 1 N–H and O–H groups in total. The topological polar surface area (TPSA) is 56.8 Å². The molecule has 134 valence electrons. The quantitative estimate of drug-likeness (QED) is 0.769. The fourth-order valence-electron chi connectivity index (χ4n) is 3.02. The Balaban J connectivity index is 2.02. The van der Waals surface area contributed by atoms with E-state index in [9.17, 15) is 4.79 Å². The summed E-state index contributed by atoms with van der Waals surface area (Å²) in [6.07, 6.45) is 0.847. The van der Waals surface area contributed by atoms with E-state index in [2.05, 4.69) is 12.2 Å². The van der Waals surface area contributed by atoms with Gasteiger partial charge in [0.25, 0.3) is 0 Å². The smallest absolute Gasteiger partial charge is 0.408 e. The van der Waals surface area contributed by atoms with Crippen molar-refractivity contribution in [3.8, 4) is 0 Å². The van der Waals surface area contributed by atoms with Crippen molar-refractivity contribution in [1.29, 1.82) is 0 Å². The van der Waals surface area contributed by atoms with Crippen molar-refractivity contribution < 1.29 is 19.0 Å². The van der Waals surface area contributed by atoms with E-state index in [0.717, 1.165) is 18.4 Å². The van der Waals surface area contributed by atoms with Gasteiger partial charge in [-0.25, -0.2) is 4.79 Å². The highest BCUT2D eigenvalue weighted by Gasteiger charge is 2.61. The van der Waals surface area contributed by atoms with E-state index in [1.807, 2.05) is 51.1 Å². The summed E-state index contributed by atoms with van der Waals surface area (Å²) in [5.41, 5.74) is 0.0244. The molecule has 5 heteroatoms. The van der Waals surface area contributed by atoms with Gasteiger partial charge in [-0.1, -0.05) is 43.7 Å². The average molecular weight is 335 g/mol. The Hall–Kier alpha value is -1.59. The van der Waals surface area contributed by atoms with Crippen molar-refractivity contribution in [3.63, 3.8) is 0 Å². The van der Waals surface area contributed by atoms with Gasteiger partial charge in [0.15, 0.2) is 6.29 Å². The van der Waals surface area contributed by atoms with Gasteiger partial charge in [0.2, 0.25) is 0 Å². The Bertz CT molecular complexity index is 540. The summed E-state index contributed by atoms with van der Waals surface area (Å²) in [6.45, 7) is 8.09. The Kier molecular flexibility index (Phi) is 5.88. The van der Waals surface area contributed by atoms with Crippen LogP contribution in [-0.4, -0.2) is 30.6 Å². The highest BCUT2D eigenvalue weighted by atomic mass is 16.7. The van der Waals surface area contributed by atoms with Crippen molar-refractivity contribution in [2.45, 2.75) is 64.6 Å². The number of amides is 1. The van der Waals surface area contributed by atoms with Gasteiger partial charge >= 0.3 is 6.09 Å². The standard InChI is InChI=1S/C19H29NO4/c1-6-15-12-19(15,20-17(21)24-18(2,3)4)16(22-5)23-13-14-10-8-7-9-11-14/h7-11,15-16H,6,12-13H2,1-5H3,(H,20,21). The number of benzene rings is 1. The fraction of sp³-hybridized carbons (Fsp3) is 0.632. The summed E-state index contributed by atoms with van der Waals surface area (Å²) in [6, 6.07) is 9.93. The van der Waals surface area contributed by atoms with Crippen LogP contribution in [0.15, 0.2) is 30.3 Å². The second-order valence-corrected chi connectivity index (χ2v) is 7.34. The van der Waals surface area contributed by atoms with Crippen molar-refractivity contribution in [2.75, 3.05) is 7.11 Å². The third-order valence-electron chi connectivity index (χ3n) is 4.26. The first-order chi connectivity index (χ1) is 11.3. The van der Waals surface area contributed by atoms with Gasteiger partial charge in [0, 0.05) is 7.11 Å². The lowest BCUT2D eigenvalue weighted by Crippen LogP contribution is -2.50. The second-order valence-electron chi connectivity index (χ2n) is 7.34. The van der Waals surface area contributed by atoms with Gasteiger partial charge in [-0.2, -0.15) is 0 Å². The van der Waals surface area contributed by atoms with E-state index < -0.39 is 23.5 Å². The molecular formula is C19H29NO4. The minimum atomic E-state index is -0.532. The molecule has 1 aromatic rings. The highest BCUT2D eigenvalue weighted by Crippen LogP contribution is 2.49. The molecule has 0 aliphatic heterocycles. The number of ether oxygens (including phenoxy) is 3. The Morgan fingerprint density at radius 1 is 1.33 bits per heavy atom. The molecule has 0 spiro atoms. The van der Waals surface area contributed by atoms with Gasteiger partial charge in [-0.05, 0) is 38.7 Å². The van der Waals surface area contributed by atoms with Crippen LogP contribution < -0.4 is 5.32 Å². The second kappa shape index (κ2) is 7.53. The van der Waals surface area contributed by atoms with E-state index >= 15 is 0 Å². The molecular weight excluding hydrogens is 306 g/mol. The lowest BCUT2D eigenvalue weighted by Gasteiger charge is -2.29. The number of alkyl carbamates (subject to hydrolysis) is 1. The maximum atomic E-state index is 12.2. The summed E-state index contributed by atoms with van der Waals surface area (Å²) in [5, 5.41) is 3.00. The number of carbonyl (C=O) groups excluding carboxylic acids is 1. The van der Waals surface area contributed by atoms with Crippen molar-refractivity contribution >= 4 is 6.09 Å². The number of rotatable bonds is 7. The predicted octanol–water partition coefficient (Wildman–Crippen LogP) is 3.87. The molecule has 0 aromatic heterocycles. The molecule has 0 heterocycles. The zero-order valence-electron chi connectivity index (χ0n) is 15.3. The van der Waals surface area contributed by atoms with Crippen LogP contribution in [0.3, 0.4) is 0 Å². The van der Waals surface area contributed by atoms with Crippen LogP contribution in [0.2, 0.25) is 0 Å². The summed E-state index contributed by atoms with van der Waals surface area (Å²) >= 11 is 0. The Morgan fingerprint density at radius 3 is 2.50 bits per heavy atom. The van der Waals surface area contributed by atoms with Crippen LogP contribution in [0.1, 0.15) is 46.1 Å². The first kappa shape index (κ1) is 18.7. The van der Waals surface area contributed by atoms with Gasteiger partial charge in [0.05, 0.1) is 12.1 Å². The minimum Gasteiger partial charge on any atom is -0.444 e. The lowest BCUT2D eigenvalue weighted by molar-refractivity contribution is -0.159. The van der Waals surface area contributed by atoms with Gasteiger partial charge in [-0.15, -0.1) is 0 Å². The highest BCUT2D eigenvalue weighted by molar-refractivity contribution is 5.69. The van der Waals surface area contributed by atoms with E-state index in [-0.39, 0.29) is 0 Å². The van der Waals surface area contributed by atoms with Gasteiger partial charge < -0.3 is 19.5 Å². The van der Waals surface area contributed by atoms with Crippen LogP contribution >= 0.6 is 0 Å². The predicted molar refractivity (Wildman–Crippen MR) is 92.5 cm³/mol. The largest absolute Gasteiger partial charge is 0.444 e. The molecule has 3 atom stereocenters.